The Morgan fingerprint density at radius 3 is 1.16 bits per heavy atom. The van der Waals surface area contributed by atoms with Crippen LogP contribution in [0.4, 0.5) is 11.4 Å². The Morgan fingerprint density at radius 2 is 0.750 bits per heavy atom. The minimum atomic E-state index is 1.02. The number of aliphatic imine (C=N–C) groups is 2. The van der Waals surface area contributed by atoms with Gasteiger partial charge >= 0.3 is 0 Å². The lowest BCUT2D eigenvalue weighted by atomic mass is 10.00. The van der Waals surface area contributed by atoms with Crippen LogP contribution in [0.25, 0.3) is 0 Å². The monoisotopic (exact) mass is 601 g/mol. The number of hydrogen-bond acceptors (Lipinski definition) is 2. The molecule has 0 atom stereocenters. The van der Waals surface area contributed by atoms with Crippen LogP contribution in [0.15, 0.2) is 58.5 Å². The third-order valence-electron chi connectivity index (χ3n) is 8.85. The Hall–Kier alpha value is -2.22. The molecule has 0 fully saturated rings. The average molecular weight is 601 g/mol. The van der Waals surface area contributed by atoms with Gasteiger partial charge in [-0.25, -0.2) is 0 Å². The van der Waals surface area contributed by atoms with Crippen LogP contribution in [0.5, 0.6) is 0 Å². The molecule has 0 radical (unpaired) electrons. The molecule has 0 amide bonds. The lowest BCUT2D eigenvalue weighted by molar-refractivity contribution is 0.616. The first-order chi connectivity index (χ1) is 21.7. The Kier molecular flexibility index (Phi) is 22.5. The van der Waals surface area contributed by atoms with Gasteiger partial charge in [-0.3, -0.25) is 9.98 Å². The van der Waals surface area contributed by atoms with Crippen LogP contribution in [0.3, 0.4) is 0 Å². The van der Waals surface area contributed by atoms with Gasteiger partial charge in [-0.05, 0) is 86.8 Å². The standard InChI is InChI=1S/C42H68N2/c1-5-9-13-17-20-24-34-42(44-40-32-26-30-38(36-40)28-22-19-15-11-7-3)41(33-23-16-12-8-4)43-39-31-25-29-37(35-39)27-21-18-14-10-6-2/h25-26,29-32,35-36H,5-24,27-28,33-34H2,1-4H3. The third-order valence-corrected chi connectivity index (χ3v) is 8.85. The molecule has 0 N–H and O–H groups in total. The fraction of sp³-hybridized carbons (Fsp3) is 0.667. The maximum absolute atomic E-state index is 5.39. The van der Waals surface area contributed by atoms with E-state index in [1.165, 1.54) is 151 Å². The number of rotatable bonds is 27. The normalized spacial score (nSPS) is 12.3. The van der Waals surface area contributed by atoms with Crippen molar-refractivity contribution in [3.8, 4) is 0 Å². The van der Waals surface area contributed by atoms with Gasteiger partial charge in [0.2, 0.25) is 0 Å². The summed E-state index contributed by atoms with van der Waals surface area (Å²) in [6, 6.07) is 18.1. The summed E-state index contributed by atoms with van der Waals surface area (Å²) in [5.74, 6) is 0. The van der Waals surface area contributed by atoms with Gasteiger partial charge in [0.15, 0.2) is 0 Å². The molecule has 2 aromatic rings. The third kappa shape index (κ3) is 17.9. The van der Waals surface area contributed by atoms with Gasteiger partial charge in [-0.2, -0.15) is 0 Å². The van der Waals surface area contributed by atoms with Gasteiger partial charge in [-0.1, -0.05) is 155 Å². The highest BCUT2D eigenvalue weighted by Crippen LogP contribution is 2.23. The number of nitrogens with zero attached hydrogens (tertiary/aromatic N) is 2. The van der Waals surface area contributed by atoms with Crippen molar-refractivity contribution >= 4 is 22.8 Å². The molecule has 0 aliphatic heterocycles. The van der Waals surface area contributed by atoms with Crippen LogP contribution in [0.1, 0.15) is 180 Å². The fourth-order valence-corrected chi connectivity index (χ4v) is 6.06. The first-order valence-electron chi connectivity index (χ1n) is 19.0. The smallest absolute Gasteiger partial charge is 0.0636 e. The molecule has 2 heteroatoms. The van der Waals surface area contributed by atoms with E-state index in [0.29, 0.717) is 0 Å². The van der Waals surface area contributed by atoms with E-state index in [9.17, 15) is 0 Å². The van der Waals surface area contributed by atoms with Crippen molar-refractivity contribution in [1.82, 2.24) is 0 Å². The maximum atomic E-state index is 5.39. The van der Waals surface area contributed by atoms with Crippen molar-refractivity contribution in [3.63, 3.8) is 0 Å². The molecule has 0 aliphatic rings. The Labute approximate surface area is 273 Å². The quantitative estimate of drug-likeness (QED) is 0.0720. The molecule has 0 heterocycles. The lowest BCUT2D eigenvalue weighted by Crippen LogP contribution is -2.14. The van der Waals surface area contributed by atoms with Crippen molar-refractivity contribution in [2.75, 3.05) is 0 Å². The van der Waals surface area contributed by atoms with Gasteiger partial charge in [0.05, 0.1) is 22.8 Å². The number of unbranched alkanes of at least 4 members (excludes halogenated alkanes) is 16. The number of hydrogen-bond donors (Lipinski definition) is 0. The van der Waals surface area contributed by atoms with Gasteiger partial charge in [0.25, 0.3) is 0 Å². The average Bonchev–Trinajstić information content (AvgIpc) is 3.04. The number of aryl methyl sites for hydroxylation is 2. The van der Waals surface area contributed by atoms with Crippen LogP contribution in [-0.2, 0) is 12.8 Å². The second-order valence-electron chi connectivity index (χ2n) is 13.1. The largest absolute Gasteiger partial charge is 0.252 e. The van der Waals surface area contributed by atoms with Gasteiger partial charge in [0, 0.05) is 0 Å². The molecule has 0 bridgehead atoms. The summed E-state index contributed by atoms with van der Waals surface area (Å²) >= 11 is 0. The molecule has 0 aliphatic carbocycles. The topological polar surface area (TPSA) is 24.7 Å². The van der Waals surface area contributed by atoms with E-state index < -0.39 is 0 Å². The second-order valence-corrected chi connectivity index (χ2v) is 13.1. The summed E-state index contributed by atoms with van der Waals surface area (Å²) in [7, 11) is 0. The Bertz CT molecular complexity index is 1030. The minimum Gasteiger partial charge on any atom is -0.252 e. The van der Waals surface area contributed by atoms with Crippen LogP contribution < -0.4 is 0 Å². The first-order valence-corrected chi connectivity index (χ1v) is 19.0. The molecular weight excluding hydrogens is 532 g/mol. The molecule has 246 valence electrons. The van der Waals surface area contributed by atoms with E-state index >= 15 is 0 Å². The zero-order valence-corrected chi connectivity index (χ0v) is 29.5. The van der Waals surface area contributed by atoms with Gasteiger partial charge < -0.3 is 0 Å². The summed E-state index contributed by atoms with van der Waals surface area (Å²) < 4.78 is 0. The second kappa shape index (κ2) is 26.0. The van der Waals surface area contributed by atoms with Gasteiger partial charge in [0.1, 0.15) is 0 Å². The summed E-state index contributed by atoms with van der Waals surface area (Å²) in [4.78, 5) is 10.8. The summed E-state index contributed by atoms with van der Waals surface area (Å²) in [6.45, 7) is 9.17. The molecule has 0 spiro atoms. The molecule has 0 saturated carbocycles. The lowest BCUT2D eigenvalue weighted by Gasteiger charge is -2.13. The predicted octanol–water partition coefficient (Wildman–Crippen LogP) is 14.3. The highest BCUT2D eigenvalue weighted by molar-refractivity contribution is 6.43. The van der Waals surface area contributed by atoms with Crippen molar-refractivity contribution in [2.24, 2.45) is 9.98 Å². The molecule has 2 aromatic carbocycles. The van der Waals surface area contributed by atoms with Crippen molar-refractivity contribution in [2.45, 2.75) is 182 Å². The maximum Gasteiger partial charge on any atom is 0.0636 e. The number of benzene rings is 2. The summed E-state index contributed by atoms with van der Waals surface area (Å²) in [6.07, 6.45) is 30.4. The highest BCUT2D eigenvalue weighted by Gasteiger charge is 2.12. The molecule has 2 rings (SSSR count). The molecule has 44 heavy (non-hydrogen) atoms. The van der Waals surface area contributed by atoms with Crippen molar-refractivity contribution < 1.29 is 0 Å². The highest BCUT2D eigenvalue weighted by atomic mass is 14.8. The summed E-state index contributed by atoms with van der Waals surface area (Å²) in [5, 5.41) is 0. The Morgan fingerprint density at radius 1 is 0.409 bits per heavy atom. The molecule has 2 nitrogen and oxygen atoms in total. The van der Waals surface area contributed by atoms with Crippen LogP contribution >= 0.6 is 0 Å². The van der Waals surface area contributed by atoms with E-state index in [1.807, 2.05) is 0 Å². The molecule has 0 unspecified atom stereocenters. The van der Waals surface area contributed by atoms with E-state index in [2.05, 4.69) is 76.2 Å². The van der Waals surface area contributed by atoms with Crippen LogP contribution in [0, 0.1) is 0 Å². The molecule has 0 aromatic heterocycles. The van der Waals surface area contributed by atoms with Crippen LogP contribution in [-0.4, -0.2) is 11.4 Å². The predicted molar refractivity (Wildman–Crippen MR) is 199 cm³/mol. The fourth-order valence-electron chi connectivity index (χ4n) is 6.06. The van der Waals surface area contributed by atoms with Crippen molar-refractivity contribution in [1.29, 1.82) is 0 Å². The zero-order valence-electron chi connectivity index (χ0n) is 29.5. The first kappa shape index (κ1) is 38.0. The van der Waals surface area contributed by atoms with E-state index in [4.69, 9.17) is 9.98 Å². The Balaban J connectivity index is 2.30. The van der Waals surface area contributed by atoms with Gasteiger partial charge in [-0.15, -0.1) is 0 Å². The van der Waals surface area contributed by atoms with E-state index in [-0.39, 0.29) is 0 Å². The molecule has 0 saturated heterocycles. The minimum absolute atomic E-state index is 1.02. The zero-order chi connectivity index (χ0) is 31.5. The summed E-state index contributed by atoms with van der Waals surface area (Å²) in [5.41, 5.74) is 7.52. The SMILES string of the molecule is CCCCCCCCC(=Nc1cccc(CCCCCCC)c1)C(CCCCCC)=Nc1cccc(CCCCCCC)c1. The molecular formula is C42H68N2. The van der Waals surface area contributed by atoms with Crippen LogP contribution in [0.2, 0.25) is 0 Å². The van der Waals surface area contributed by atoms with E-state index in [0.717, 1.165) is 37.1 Å². The van der Waals surface area contributed by atoms with E-state index in [1.54, 1.807) is 0 Å². The van der Waals surface area contributed by atoms with Crippen molar-refractivity contribution in [3.05, 3.63) is 59.7 Å².